The molecule has 0 N–H and O–H groups in total. The molecule has 0 radical (unpaired) electrons. The van der Waals surface area contributed by atoms with Crippen molar-refractivity contribution in [2.24, 2.45) is 0 Å². The van der Waals surface area contributed by atoms with Gasteiger partial charge in [0.15, 0.2) is 0 Å². The van der Waals surface area contributed by atoms with Crippen LogP contribution >= 0.6 is 0 Å². The van der Waals surface area contributed by atoms with E-state index in [2.05, 4.69) is 180 Å². The van der Waals surface area contributed by atoms with E-state index in [1.54, 1.807) is 0 Å². The van der Waals surface area contributed by atoms with E-state index in [9.17, 15) is 0 Å². The molecule has 0 saturated carbocycles. The molecule has 11 aromatic rings. The molecule has 0 atom stereocenters. The van der Waals surface area contributed by atoms with E-state index in [0.29, 0.717) is 0 Å². The minimum Gasteiger partial charge on any atom is -0.309 e. The van der Waals surface area contributed by atoms with Crippen LogP contribution in [0, 0.1) is 0 Å². The first kappa shape index (κ1) is 26.6. The van der Waals surface area contributed by atoms with Gasteiger partial charge in [0.2, 0.25) is 0 Å². The molecule has 0 saturated heterocycles. The molecule has 0 fully saturated rings. The van der Waals surface area contributed by atoms with Crippen LogP contribution in [0.5, 0.6) is 0 Å². The average molecular weight is 620 g/mol. The average Bonchev–Trinajstić information content (AvgIpc) is 3.51. The van der Waals surface area contributed by atoms with E-state index < -0.39 is 0 Å². The van der Waals surface area contributed by atoms with E-state index in [0.717, 1.165) is 0 Å². The number of aromatic nitrogens is 1. The SMILES string of the molecule is c1cc(-n2c3ccccc3c3ccccc32)c2cccc(-c3ccc4c(c3)c3ccccc3c3c5ccccc5c5ccccc5c43)c2c1. The highest BCUT2D eigenvalue weighted by Gasteiger charge is 2.18. The second kappa shape index (κ2) is 10.0. The molecule has 226 valence electrons. The summed E-state index contributed by atoms with van der Waals surface area (Å²) in [6.45, 7) is 0. The van der Waals surface area contributed by atoms with Crippen LogP contribution < -0.4 is 0 Å². The lowest BCUT2D eigenvalue weighted by Crippen LogP contribution is -1.95. The van der Waals surface area contributed by atoms with Gasteiger partial charge in [-0.15, -0.1) is 0 Å². The number of para-hydroxylation sites is 2. The predicted octanol–water partition coefficient (Wildman–Crippen LogP) is 13.4. The fraction of sp³-hybridized carbons (Fsp3) is 0. The Labute approximate surface area is 282 Å². The third kappa shape index (κ3) is 3.65. The Bertz CT molecular complexity index is 3110. The molecule has 11 rings (SSSR count). The van der Waals surface area contributed by atoms with Crippen molar-refractivity contribution in [3.8, 4) is 16.8 Å². The molecule has 0 amide bonds. The standard InChI is InChI=1S/C48H29N/c1-4-18-39-33(13-1)34-14-2-5-19-40(34)48-42-28-27-30(29-43(42)35-15-3-6-20-41(35)47(39)48)31-21-11-23-36-32(31)22-12-26-46(36)49-44-24-9-7-16-37(44)38-17-8-10-25-45(38)49/h1-29H. The monoisotopic (exact) mass is 619 g/mol. The fourth-order valence-corrected chi connectivity index (χ4v) is 8.71. The van der Waals surface area contributed by atoms with Crippen LogP contribution in [0.1, 0.15) is 0 Å². The zero-order valence-electron chi connectivity index (χ0n) is 26.7. The van der Waals surface area contributed by atoms with E-state index in [4.69, 9.17) is 0 Å². The molecule has 0 aliphatic rings. The van der Waals surface area contributed by atoms with Gasteiger partial charge < -0.3 is 4.57 Å². The zero-order valence-corrected chi connectivity index (χ0v) is 26.7. The maximum atomic E-state index is 2.44. The predicted molar refractivity (Wildman–Crippen MR) is 211 cm³/mol. The minimum absolute atomic E-state index is 1.20. The van der Waals surface area contributed by atoms with Gasteiger partial charge in [0, 0.05) is 16.2 Å². The summed E-state index contributed by atoms with van der Waals surface area (Å²) in [5, 5.41) is 18.1. The van der Waals surface area contributed by atoms with Gasteiger partial charge in [-0.25, -0.2) is 0 Å². The molecule has 0 aliphatic heterocycles. The summed E-state index contributed by atoms with van der Waals surface area (Å²) in [5.74, 6) is 0. The maximum Gasteiger partial charge on any atom is 0.0541 e. The van der Waals surface area contributed by atoms with Crippen molar-refractivity contribution in [2.45, 2.75) is 0 Å². The smallest absolute Gasteiger partial charge is 0.0541 e. The number of hydrogen-bond acceptors (Lipinski definition) is 0. The lowest BCUT2D eigenvalue weighted by molar-refractivity contribution is 1.20. The Hall–Kier alpha value is -6.44. The Morgan fingerprint density at radius 2 is 0.694 bits per heavy atom. The zero-order chi connectivity index (χ0) is 32.1. The van der Waals surface area contributed by atoms with Crippen LogP contribution in [0.15, 0.2) is 176 Å². The molecule has 0 spiro atoms. The first-order valence-electron chi connectivity index (χ1n) is 17.0. The first-order chi connectivity index (χ1) is 24.3. The number of benzene rings is 10. The minimum atomic E-state index is 1.20. The molecule has 10 aromatic carbocycles. The van der Waals surface area contributed by atoms with Crippen molar-refractivity contribution in [1.29, 1.82) is 0 Å². The number of fused-ring (bicyclic) bond motifs is 15. The van der Waals surface area contributed by atoms with Gasteiger partial charge >= 0.3 is 0 Å². The molecule has 1 aromatic heterocycles. The molecule has 1 nitrogen and oxygen atoms in total. The van der Waals surface area contributed by atoms with Crippen LogP contribution in [0.25, 0.3) is 103 Å². The van der Waals surface area contributed by atoms with Crippen LogP contribution in [0.3, 0.4) is 0 Å². The second-order valence-electron chi connectivity index (χ2n) is 13.2. The fourth-order valence-electron chi connectivity index (χ4n) is 8.71. The summed E-state index contributed by atoms with van der Waals surface area (Å²) in [7, 11) is 0. The molecule has 1 heterocycles. The molecule has 1 heteroatoms. The molecule has 0 bridgehead atoms. The summed E-state index contributed by atoms with van der Waals surface area (Å²) in [6.07, 6.45) is 0. The molecule has 0 unspecified atom stereocenters. The second-order valence-corrected chi connectivity index (χ2v) is 13.2. The van der Waals surface area contributed by atoms with Crippen LogP contribution in [0.4, 0.5) is 0 Å². The van der Waals surface area contributed by atoms with Crippen molar-refractivity contribution in [1.82, 2.24) is 4.57 Å². The Balaban J connectivity index is 1.22. The van der Waals surface area contributed by atoms with Crippen molar-refractivity contribution >= 4 is 86.4 Å². The highest BCUT2D eigenvalue weighted by molar-refractivity contribution is 6.39. The number of rotatable bonds is 2. The Kier molecular flexibility index (Phi) is 5.45. The quantitative estimate of drug-likeness (QED) is 0.170. The van der Waals surface area contributed by atoms with Crippen LogP contribution in [-0.4, -0.2) is 4.57 Å². The summed E-state index contributed by atoms with van der Waals surface area (Å²) in [5.41, 5.74) is 6.13. The summed E-state index contributed by atoms with van der Waals surface area (Å²) < 4.78 is 2.44. The Morgan fingerprint density at radius 3 is 1.29 bits per heavy atom. The third-order valence-electron chi connectivity index (χ3n) is 10.7. The highest BCUT2D eigenvalue weighted by atomic mass is 15.0. The highest BCUT2D eigenvalue weighted by Crippen LogP contribution is 2.45. The topological polar surface area (TPSA) is 4.93 Å². The van der Waals surface area contributed by atoms with Gasteiger partial charge in [-0.1, -0.05) is 152 Å². The molecule has 49 heavy (non-hydrogen) atoms. The van der Waals surface area contributed by atoms with E-state index in [-0.39, 0.29) is 0 Å². The van der Waals surface area contributed by atoms with Gasteiger partial charge in [-0.2, -0.15) is 0 Å². The molecular weight excluding hydrogens is 591 g/mol. The van der Waals surface area contributed by atoms with Crippen molar-refractivity contribution < 1.29 is 0 Å². The lowest BCUT2D eigenvalue weighted by Gasteiger charge is -2.18. The number of hydrogen-bond donors (Lipinski definition) is 0. The largest absolute Gasteiger partial charge is 0.309 e. The van der Waals surface area contributed by atoms with Gasteiger partial charge in [-0.3, -0.25) is 0 Å². The third-order valence-corrected chi connectivity index (χ3v) is 10.7. The van der Waals surface area contributed by atoms with E-state index in [1.165, 1.54) is 103 Å². The van der Waals surface area contributed by atoms with Crippen molar-refractivity contribution in [3.05, 3.63) is 176 Å². The molecule has 0 aliphatic carbocycles. The molecular formula is C48H29N. The van der Waals surface area contributed by atoms with Gasteiger partial charge in [0.05, 0.1) is 16.7 Å². The van der Waals surface area contributed by atoms with Crippen LogP contribution in [-0.2, 0) is 0 Å². The maximum absolute atomic E-state index is 2.44. The Morgan fingerprint density at radius 1 is 0.265 bits per heavy atom. The van der Waals surface area contributed by atoms with Crippen molar-refractivity contribution in [3.63, 3.8) is 0 Å². The van der Waals surface area contributed by atoms with E-state index in [1.807, 2.05) is 0 Å². The van der Waals surface area contributed by atoms with Crippen molar-refractivity contribution in [2.75, 3.05) is 0 Å². The lowest BCUT2D eigenvalue weighted by atomic mass is 9.86. The van der Waals surface area contributed by atoms with Gasteiger partial charge in [0.1, 0.15) is 0 Å². The van der Waals surface area contributed by atoms with Gasteiger partial charge in [-0.05, 0) is 94.6 Å². The normalized spacial score (nSPS) is 12.1. The first-order valence-corrected chi connectivity index (χ1v) is 17.0. The summed E-state index contributed by atoms with van der Waals surface area (Å²) in [6, 6.07) is 65.0. The van der Waals surface area contributed by atoms with E-state index >= 15 is 0 Å². The number of nitrogens with zero attached hydrogens (tertiary/aromatic N) is 1. The van der Waals surface area contributed by atoms with Crippen LogP contribution in [0.2, 0.25) is 0 Å². The summed E-state index contributed by atoms with van der Waals surface area (Å²) >= 11 is 0. The van der Waals surface area contributed by atoms with Gasteiger partial charge in [0.25, 0.3) is 0 Å². The summed E-state index contributed by atoms with van der Waals surface area (Å²) in [4.78, 5) is 0.